The van der Waals surface area contributed by atoms with Crippen molar-refractivity contribution in [3.8, 4) is 11.5 Å². The van der Waals surface area contributed by atoms with Crippen LogP contribution in [0.4, 0.5) is 5.69 Å². The maximum absolute atomic E-state index is 12.8. The normalized spacial score (nSPS) is 13.1. The number of H-pyrrole nitrogens is 1. The Hall–Kier alpha value is -3.41. The van der Waals surface area contributed by atoms with Crippen LogP contribution in [0.5, 0.6) is 11.5 Å². The van der Waals surface area contributed by atoms with Gasteiger partial charge in [-0.2, -0.15) is 0 Å². The zero-order chi connectivity index (χ0) is 19.7. The number of anilines is 1. The number of amides is 1. The molecule has 0 atom stereocenters. The average molecular weight is 375 g/mol. The maximum Gasteiger partial charge on any atom is 0.272 e. The zero-order valence-electron chi connectivity index (χ0n) is 15.8. The van der Waals surface area contributed by atoms with Crippen LogP contribution < -0.4 is 10.1 Å². The molecule has 0 fully saturated rings. The fourth-order valence-electron chi connectivity index (χ4n) is 3.57. The number of hydrogen-bond acceptors (Lipinski definition) is 4. The van der Waals surface area contributed by atoms with Crippen LogP contribution in [-0.2, 0) is 6.42 Å². The van der Waals surface area contributed by atoms with Gasteiger partial charge in [-0.1, -0.05) is 0 Å². The Bertz CT molecular complexity index is 1050. The first-order chi connectivity index (χ1) is 13.5. The number of aromatic nitrogens is 2. The first kappa shape index (κ1) is 18.0. The van der Waals surface area contributed by atoms with Crippen molar-refractivity contribution in [2.75, 3.05) is 5.32 Å². The molecule has 2 N–H and O–H groups in total. The number of carbonyl (C=O) groups is 2. The number of ether oxygens (including phenoxy) is 1. The Morgan fingerprint density at radius 1 is 1.21 bits per heavy atom. The summed E-state index contributed by atoms with van der Waals surface area (Å²) in [7, 11) is 0. The molecular weight excluding hydrogens is 354 g/mol. The highest BCUT2D eigenvalue weighted by Crippen LogP contribution is 2.29. The van der Waals surface area contributed by atoms with Gasteiger partial charge in [0.2, 0.25) is 0 Å². The predicted octanol–water partition coefficient (Wildman–Crippen LogP) is 4.59. The molecule has 4 rings (SSSR count). The Balaban J connectivity index is 1.52. The first-order valence-electron chi connectivity index (χ1n) is 9.27. The van der Waals surface area contributed by atoms with Crippen LogP contribution >= 0.6 is 0 Å². The maximum atomic E-state index is 12.8. The van der Waals surface area contributed by atoms with Crippen molar-refractivity contribution in [1.82, 2.24) is 9.97 Å². The lowest BCUT2D eigenvalue weighted by atomic mass is 9.94. The number of carbonyl (C=O) groups excluding carboxylic acids is 2. The SMILES string of the molecule is Cc1cc(NC(=O)c2[nH]c3c(c2C)C(=O)CCC3)ccc1Oc1cccnc1. The highest BCUT2D eigenvalue weighted by molar-refractivity contribution is 6.08. The number of aromatic amines is 1. The number of Topliss-reactive ketones (excluding diaryl/α,β-unsaturated/α-hetero) is 1. The van der Waals surface area contributed by atoms with Crippen molar-refractivity contribution in [3.63, 3.8) is 0 Å². The molecule has 0 saturated heterocycles. The molecule has 0 spiro atoms. The summed E-state index contributed by atoms with van der Waals surface area (Å²) in [6, 6.07) is 9.10. The Morgan fingerprint density at radius 3 is 2.79 bits per heavy atom. The van der Waals surface area contributed by atoms with Crippen molar-refractivity contribution >= 4 is 17.4 Å². The molecule has 142 valence electrons. The van der Waals surface area contributed by atoms with Gasteiger partial charge in [-0.15, -0.1) is 0 Å². The number of pyridine rings is 1. The first-order valence-corrected chi connectivity index (χ1v) is 9.27. The molecule has 3 aromatic rings. The third-order valence-corrected chi connectivity index (χ3v) is 4.96. The Labute approximate surface area is 163 Å². The van der Waals surface area contributed by atoms with Crippen LogP contribution in [0.3, 0.4) is 0 Å². The van der Waals surface area contributed by atoms with Gasteiger partial charge < -0.3 is 15.0 Å². The minimum atomic E-state index is -0.250. The lowest BCUT2D eigenvalue weighted by Gasteiger charge is -2.11. The van der Waals surface area contributed by atoms with E-state index in [0.29, 0.717) is 34.9 Å². The molecule has 0 saturated carbocycles. The summed E-state index contributed by atoms with van der Waals surface area (Å²) in [5.74, 6) is 1.21. The smallest absolute Gasteiger partial charge is 0.272 e. The number of nitrogens with zero attached hydrogens (tertiary/aromatic N) is 1. The van der Waals surface area contributed by atoms with Crippen molar-refractivity contribution in [2.45, 2.75) is 33.1 Å². The molecule has 1 aliphatic rings. The summed E-state index contributed by atoms with van der Waals surface area (Å²) in [6.07, 6.45) is 5.50. The molecule has 0 aliphatic heterocycles. The molecule has 0 bridgehead atoms. The quantitative estimate of drug-likeness (QED) is 0.698. The van der Waals surface area contributed by atoms with E-state index >= 15 is 0 Å². The van der Waals surface area contributed by atoms with Crippen LogP contribution in [-0.4, -0.2) is 21.7 Å². The second-order valence-electron chi connectivity index (χ2n) is 6.98. The van der Waals surface area contributed by atoms with E-state index in [1.807, 2.05) is 38.1 Å². The minimum Gasteiger partial charge on any atom is -0.455 e. The largest absolute Gasteiger partial charge is 0.455 e. The van der Waals surface area contributed by atoms with E-state index in [1.165, 1.54) is 0 Å². The highest BCUT2D eigenvalue weighted by atomic mass is 16.5. The molecule has 2 aromatic heterocycles. The number of rotatable bonds is 4. The number of hydrogen-bond donors (Lipinski definition) is 2. The van der Waals surface area contributed by atoms with E-state index in [4.69, 9.17) is 4.74 Å². The standard InChI is InChI=1S/C22H21N3O3/c1-13-11-15(8-9-19(13)28-16-5-4-10-23-12-16)24-22(27)21-14(2)20-17(25-21)6-3-7-18(20)26/h4-5,8-12,25H,3,6-7H2,1-2H3,(H,24,27). The van der Waals surface area contributed by atoms with E-state index < -0.39 is 0 Å². The van der Waals surface area contributed by atoms with Crippen LogP contribution in [0.2, 0.25) is 0 Å². The molecule has 0 radical (unpaired) electrons. The second kappa shape index (κ2) is 7.31. The molecule has 6 nitrogen and oxygen atoms in total. The monoisotopic (exact) mass is 375 g/mol. The lowest BCUT2D eigenvalue weighted by Crippen LogP contribution is -2.14. The van der Waals surface area contributed by atoms with Gasteiger partial charge in [0.1, 0.15) is 17.2 Å². The highest BCUT2D eigenvalue weighted by Gasteiger charge is 2.26. The van der Waals surface area contributed by atoms with Gasteiger partial charge in [-0.25, -0.2) is 0 Å². The number of aryl methyl sites for hydroxylation is 2. The predicted molar refractivity (Wildman–Crippen MR) is 106 cm³/mol. The summed E-state index contributed by atoms with van der Waals surface area (Å²) in [4.78, 5) is 32.1. The number of nitrogens with one attached hydrogen (secondary N) is 2. The second-order valence-corrected chi connectivity index (χ2v) is 6.98. The lowest BCUT2D eigenvalue weighted by molar-refractivity contribution is 0.0971. The van der Waals surface area contributed by atoms with Crippen molar-refractivity contribution in [1.29, 1.82) is 0 Å². The molecule has 1 amide bonds. The van der Waals surface area contributed by atoms with Crippen LogP contribution in [0.25, 0.3) is 0 Å². The Kier molecular flexibility index (Phi) is 4.69. The van der Waals surface area contributed by atoms with E-state index in [-0.39, 0.29) is 11.7 Å². The Morgan fingerprint density at radius 2 is 2.07 bits per heavy atom. The van der Waals surface area contributed by atoms with Crippen LogP contribution in [0.1, 0.15) is 50.5 Å². The number of benzene rings is 1. The van der Waals surface area contributed by atoms with E-state index in [9.17, 15) is 9.59 Å². The topological polar surface area (TPSA) is 84.1 Å². The molecule has 6 heteroatoms. The fourth-order valence-corrected chi connectivity index (χ4v) is 3.57. The summed E-state index contributed by atoms with van der Waals surface area (Å²) in [6.45, 7) is 3.74. The summed E-state index contributed by atoms with van der Waals surface area (Å²) in [5, 5.41) is 2.91. The minimum absolute atomic E-state index is 0.113. The molecule has 0 unspecified atom stereocenters. The van der Waals surface area contributed by atoms with E-state index in [2.05, 4.69) is 15.3 Å². The third-order valence-electron chi connectivity index (χ3n) is 4.96. The van der Waals surface area contributed by atoms with Gasteiger partial charge in [-0.05, 0) is 68.1 Å². The van der Waals surface area contributed by atoms with Gasteiger partial charge in [0.15, 0.2) is 5.78 Å². The summed E-state index contributed by atoms with van der Waals surface area (Å²) >= 11 is 0. The third kappa shape index (κ3) is 3.41. The molecule has 28 heavy (non-hydrogen) atoms. The van der Waals surface area contributed by atoms with Gasteiger partial charge in [-0.3, -0.25) is 14.6 Å². The zero-order valence-corrected chi connectivity index (χ0v) is 15.8. The van der Waals surface area contributed by atoms with Gasteiger partial charge >= 0.3 is 0 Å². The van der Waals surface area contributed by atoms with Crippen LogP contribution in [0.15, 0.2) is 42.7 Å². The number of ketones is 1. The van der Waals surface area contributed by atoms with Crippen LogP contribution in [0, 0.1) is 13.8 Å². The molecule has 2 heterocycles. The molecule has 1 aliphatic carbocycles. The van der Waals surface area contributed by atoms with Gasteiger partial charge in [0, 0.05) is 29.6 Å². The van der Waals surface area contributed by atoms with Gasteiger partial charge in [0.25, 0.3) is 5.91 Å². The van der Waals surface area contributed by atoms with Crippen molar-refractivity contribution in [3.05, 3.63) is 70.8 Å². The number of fused-ring (bicyclic) bond motifs is 1. The fraction of sp³-hybridized carbons (Fsp3) is 0.227. The van der Waals surface area contributed by atoms with Crippen molar-refractivity contribution < 1.29 is 14.3 Å². The van der Waals surface area contributed by atoms with Crippen molar-refractivity contribution in [2.24, 2.45) is 0 Å². The van der Waals surface area contributed by atoms with Gasteiger partial charge in [0.05, 0.1) is 6.20 Å². The average Bonchev–Trinajstić information content (AvgIpc) is 3.03. The van der Waals surface area contributed by atoms with E-state index in [0.717, 1.165) is 29.7 Å². The summed E-state index contributed by atoms with van der Waals surface area (Å²) < 4.78 is 5.82. The van der Waals surface area contributed by atoms with E-state index in [1.54, 1.807) is 18.5 Å². The summed E-state index contributed by atoms with van der Waals surface area (Å²) in [5.41, 5.74) is 4.29. The molecule has 1 aromatic carbocycles. The molecular formula is C22H21N3O3.